The molecule has 0 radical (unpaired) electrons. The van der Waals surface area contributed by atoms with Gasteiger partial charge >= 0.3 is 11.9 Å². The Bertz CT molecular complexity index is 1140. The average molecular weight is 587 g/mol. The average Bonchev–Trinajstić information content (AvgIpc) is 3.34. The van der Waals surface area contributed by atoms with Gasteiger partial charge in [-0.15, -0.1) is 0 Å². The fourth-order valence-electron chi connectivity index (χ4n) is 10.1. The Balaban J connectivity index is 1.22. The molecule has 2 N–H and O–H groups in total. The fraction of sp³-hybridized carbons (Fsp3) is 0.765. The van der Waals surface area contributed by atoms with Crippen LogP contribution in [-0.2, 0) is 9.53 Å². The molecule has 1 aromatic carbocycles. The lowest BCUT2D eigenvalue weighted by atomic mass is 9.43. The molecule has 0 amide bonds. The third-order valence-corrected chi connectivity index (χ3v) is 12.4. The number of aliphatic hydroxyl groups is 2. The SMILES string of the molecule is COc1cc(C(=O)OC(=O)CC[C@@H](C)[C@@H]2CC[C@@H]3[C@H]4CC[C@H]5C[C@@H](O)CC[C@]5(C)[C@@H]4C[C@@H](O)[C@]32C)cc(OC)c1OC. The Labute approximate surface area is 250 Å². The topological polar surface area (TPSA) is 112 Å². The molecule has 1 aromatic rings. The molecular formula is C34H50O8. The molecule has 4 aliphatic carbocycles. The van der Waals surface area contributed by atoms with Crippen LogP contribution in [0.1, 0.15) is 95.3 Å². The molecular weight excluding hydrogens is 536 g/mol. The van der Waals surface area contributed by atoms with E-state index in [0.29, 0.717) is 53.3 Å². The summed E-state index contributed by atoms with van der Waals surface area (Å²) in [5.41, 5.74) is 0.184. The molecule has 4 aliphatic rings. The monoisotopic (exact) mass is 586 g/mol. The van der Waals surface area contributed by atoms with Crippen molar-refractivity contribution in [1.29, 1.82) is 0 Å². The van der Waals surface area contributed by atoms with Crippen LogP contribution >= 0.6 is 0 Å². The van der Waals surface area contributed by atoms with Crippen LogP contribution in [0.4, 0.5) is 0 Å². The van der Waals surface area contributed by atoms with Crippen molar-refractivity contribution in [3.63, 3.8) is 0 Å². The van der Waals surface area contributed by atoms with Crippen molar-refractivity contribution in [3.8, 4) is 17.2 Å². The summed E-state index contributed by atoms with van der Waals surface area (Å²) < 4.78 is 21.1. The van der Waals surface area contributed by atoms with Crippen LogP contribution in [0.2, 0.25) is 0 Å². The minimum atomic E-state index is -0.757. The van der Waals surface area contributed by atoms with Crippen molar-refractivity contribution in [3.05, 3.63) is 17.7 Å². The number of benzene rings is 1. The second-order valence-corrected chi connectivity index (χ2v) is 14.1. The molecule has 0 heterocycles. The summed E-state index contributed by atoms with van der Waals surface area (Å²) in [6, 6.07) is 2.94. The van der Waals surface area contributed by atoms with Crippen molar-refractivity contribution in [2.45, 2.75) is 97.2 Å². The fourth-order valence-corrected chi connectivity index (χ4v) is 10.1. The quantitative estimate of drug-likeness (QED) is 0.290. The molecule has 10 atom stereocenters. The van der Waals surface area contributed by atoms with Gasteiger partial charge in [0.2, 0.25) is 5.75 Å². The van der Waals surface area contributed by atoms with Gasteiger partial charge in [-0.25, -0.2) is 4.79 Å². The van der Waals surface area contributed by atoms with Gasteiger partial charge in [-0.3, -0.25) is 4.79 Å². The number of fused-ring (bicyclic) bond motifs is 5. The van der Waals surface area contributed by atoms with Gasteiger partial charge in [0.25, 0.3) is 0 Å². The van der Waals surface area contributed by atoms with Crippen LogP contribution in [-0.4, -0.2) is 55.7 Å². The van der Waals surface area contributed by atoms with Gasteiger partial charge in [0.05, 0.1) is 39.1 Å². The lowest BCUT2D eigenvalue weighted by molar-refractivity contribution is -0.175. The number of methoxy groups -OCH3 is 3. The van der Waals surface area contributed by atoms with E-state index < -0.39 is 11.9 Å². The third kappa shape index (κ3) is 5.21. The predicted octanol–water partition coefficient (Wildman–Crippen LogP) is 5.80. The van der Waals surface area contributed by atoms with Gasteiger partial charge in [0, 0.05) is 6.42 Å². The van der Waals surface area contributed by atoms with E-state index in [-0.39, 0.29) is 40.9 Å². The summed E-state index contributed by atoms with van der Waals surface area (Å²) in [7, 11) is 4.40. The number of ether oxygens (including phenoxy) is 4. The van der Waals surface area contributed by atoms with Gasteiger partial charge in [0.1, 0.15) is 0 Å². The largest absolute Gasteiger partial charge is 0.493 e. The van der Waals surface area contributed by atoms with Crippen molar-refractivity contribution >= 4 is 11.9 Å². The van der Waals surface area contributed by atoms with Crippen LogP contribution in [0, 0.1) is 46.3 Å². The van der Waals surface area contributed by atoms with Gasteiger partial charge < -0.3 is 29.2 Å². The summed E-state index contributed by atoms with van der Waals surface area (Å²) in [5.74, 6) is 2.37. The summed E-state index contributed by atoms with van der Waals surface area (Å²) in [5, 5.41) is 22.1. The molecule has 42 heavy (non-hydrogen) atoms. The third-order valence-electron chi connectivity index (χ3n) is 12.4. The number of rotatable bonds is 8. The number of carbonyl (C=O) groups excluding carboxylic acids is 2. The van der Waals surface area contributed by atoms with Crippen LogP contribution < -0.4 is 14.2 Å². The lowest BCUT2D eigenvalue weighted by Gasteiger charge is -2.62. The summed E-state index contributed by atoms with van der Waals surface area (Å²) >= 11 is 0. The highest BCUT2D eigenvalue weighted by molar-refractivity contribution is 5.97. The summed E-state index contributed by atoms with van der Waals surface area (Å²) in [6.07, 6.45) is 8.46. The Hall–Kier alpha value is -2.32. The predicted molar refractivity (Wildman–Crippen MR) is 158 cm³/mol. The molecule has 0 unspecified atom stereocenters. The lowest BCUT2D eigenvalue weighted by Crippen LogP contribution is -2.58. The summed E-state index contributed by atoms with van der Waals surface area (Å²) in [6.45, 7) is 6.93. The number of hydrogen-bond acceptors (Lipinski definition) is 8. The molecule has 5 rings (SSSR count). The molecule has 234 valence electrons. The Morgan fingerprint density at radius 3 is 2.26 bits per heavy atom. The molecule has 8 nitrogen and oxygen atoms in total. The van der Waals surface area contributed by atoms with Gasteiger partial charge in [-0.2, -0.15) is 0 Å². The highest BCUT2D eigenvalue weighted by atomic mass is 16.6. The first kappa shape index (κ1) is 31.1. The molecule has 0 saturated heterocycles. The van der Waals surface area contributed by atoms with E-state index in [1.54, 1.807) is 0 Å². The molecule has 4 saturated carbocycles. The molecule has 0 aliphatic heterocycles. The zero-order valence-electron chi connectivity index (χ0n) is 26.2. The first-order valence-electron chi connectivity index (χ1n) is 15.9. The smallest absolute Gasteiger partial charge is 0.346 e. The highest BCUT2D eigenvalue weighted by Crippen LogP contribution is 2.68. The second-order valence-electron chi connectivity index (χ2n) is 14.1. The van der Waals surface area contributed by atoms with E-state index in [9.17, 15) is 19.8 Å². The second kappa shape index (κ2) is 12.0. The standard InChI is InChI=1S/C34H50O8/c1-19(7-12-30(37)42-32(38)20-15-27(39-4)31(41-6)28(16-20)40-5)24-10-11-25-23-9-8-21-17-22(35)13-14-33(21,2)26(23)18-29(36)34(24,25)3/h15-16,19,21-26,29,35-36H,7-14,17-18H2,1-6H3/t19-,21+,22+,23-,24+,25-,26-,29-,33+,34+/m1/s1. The normalized spacial score (nSPS) is 38.0. The summed E-state index contributed by atoms with van der Waals surface area (Å²) in [4.78, 5) is 25.6. The van der Waals surface area contributed by atoms with Crippen LogP contribution in [0.5, 0.6) is 17.2 Å². The minimum absolute atomic E-state index is 0.138. The maximum atomic E-state index is 12.8. The zero-order valence-corrected chi connectivity index (χ0v) is 26.2. The highest BCUT2D eigenvalue weighted by Gasteiger charge is 2.63. The number of carbonyl (C=O) groups is 2. The van der Waals surface area contributed by atoms with E-state index in [0.717, 1.165) is 38.5 Å². The van der Waals surface area contributed by atoms with Crippen LogP contribution in [0.3, 0.4) is 0 Å². The molecule has 0 aromatic heterocycles. The first-order valence-corrected chi connectivity index (χ1v) is 15.9. The van der Waals surface area contributed by atoms with E-state index in [1.807, 2.05) is 0 Å². The van der Waals surface area contributed by atoms with Crippen molar-refractivity contribution < 1.29 is 38.7 Å². The molecule has 0 bridgehead atoms. The number of aliphatic hydroxyl groups excluding tert-OH is 2. The molecule has 4 fully saturated rings. The van der Waals surface area contributed by atoms with Crippen LogP contribution in [0.25, 0.3) is 0 Å². The Morgan fingerprint density at radius 1 is 0.929 bits per heavy atom. The van der Waals surface area contributed by atoms with Crippen molar-refractivity contribution in [2.75, 3.05) is 21.3 Å². The van der Waals surface area contributed by atoms with E-state index in [1.165, 1.54) is 46.3 Å². The van der Waals surface area contributed by atoms with E-state index >= 15 is 0 Å². The molecule has 8 heteroatoms. The van der Waals surface area contributed by atoms with E-state index in [2.05, 4.69) is 20.8 Å². The Kier molecular flexibility index (Phi) is 8.88. The number of esters is 2. The molecule has 0 spiro atoms. The van der Waals surface area contributed by atoms with E-state index in [4.69, 9.17) is 18.9 Å². The minimum Gasteiger partial charge on any atom is -0.493 e. The van der Waals surface area contributed by atoms with Gasteiger partial charge in [0.15, 0.2) is 11.5 Å². The van der Waals surface area contributed by atoms with Crippen molar-refractivity contribution in [1.82, 2.24) is 0 Å². The maximum absolute atomic E-state index is 12.8. The van der Waals surface area contributed by atoms with Crippen molar-refractivity contribution in [2.24, 2.45) is 46.3 Å². The zero-order chi connectivity index (χ0) is 30.4. The van der Waals surface area contributed by atoms with Gasteiger partial charge in [-0.1, -0.05) is 20.8 Å². The maximum Gasteiger partial charge on any atom is 0.346 e. The van der Waals surface area contributed by atoms with Gasteiger partial charge in [-0.05, 0) is 116 Å². The first-order chi connectivity index (χ1) is 20.0. The Morgan fingerprint density at radius 2 is 1.62 bits per heavy atom. The number of hydrogen-bond donors (Lipinski definition) is 2. The van der Waals surface area contributed by atoms with Crippen LogP contribution in [0.15, 0.2) is 12.1 Å².